The van der Waals surface area contributed by atoms with Gasteiger partial charge in [0.15, 0.2) is 0 Å². The molecule has 0 fully saturated rings. The summed E-state index contributed by atoms with van der Waals surface area (Å²) in [6.07, 6.45) is 7.84. The van der Waals surface area contributed by atoms with E-state index in [0.29, 0.717) is 17.7 Å². The average Bonchev–Trinajstić information content (AvgIpc) is 3.52. The van der Waals surface area contributed by atoms with Crippen molar-refractivity contribution in [2.24, 2.45) is 5.92 Å². The minimum absolute atomic E-state index is 0.414. The minimum Gasteiger partial charge on any atom is -0.479 e. The summed E-state index contributed by atoms with van der Waals surface area (Å²) in [5.74, 6) is 1.48. The van der Waals surface area contributed by atoms with E-state index >= 15 is 0 Å². The molecule has 3 aromatic heterocycles. The molecule has 4 aromatic rings. The predicted octanol–water partition coefficient (Wildman–Crippen LogP) is 5.82. The summed E-state index contributed by atoms with van der Waals surface area (Å²) in [6.45, 7) is 8.70. The molecule has 1 aliphatic rings. The van der Waals surface area contributed by atoms with Crippen molar-refractivity contribution < 1.29 is 4.74 Å². The van der Waals surface area contributed by atoms with Crippen molar-refractivity contribution in [3.63, 3.8) is 0 Å². The van der Waals surface area contributed by atoms with E-state index in [1.807, 2.05) is 29.8 Å². The minimum atomic E-state index is 0.414. The average molecular weight is 468 g/mol. The molecule has 6 heteroatoms. The fraction of sp³-hybridized carbons (Fsp3) is 0.379. The Morgan fingerprint density at radius 3 is 2.43 bits per heavy atom. The second-order valence-electron chi connectivity index (χ2n) is 9.92. The monoisotopic (exact) mass is 467 g/mol. The molecule has 35 heavy (non-hydrogen) atoms. The van der Waals surface area contributed by atoms with Crippen LogP contribution in [0, 0.1) is 19.8 Å². The van der Waals surface area contributed by atoms with E-state index < -0.39 is 0 Å². The molecule has 6 nitrogen and oxygen atoms in total. The van der Waals surface area contributed by atoms with Crippen LogP contribution in [0.1, 0.15) is 59.8 Å². The first-order chi connectivity index (χ1) is 16.9. The second kappa shape index (κ2) is 9.61. The molecule has 1 atom stereocenters. The molecule has 3 heterocycles. The molecule has 180 valence electrons. The molecule has 0 saturated heterocycles. The summed E-state index contributed by atoms with van der Waals surface area (Å²) in [4.78, 5) is 9.15. The van der Waals surface area contributed by atoms with Crippen LogP contribution in [0.25, 0.3) is 17.1 Å². The van der Waals surface area contributed by atoms with Gasteiger partial charge < -0.3 is 9.30 Å². The van der Waals surface area contributed by atoms with Gasteiger partial charge in [0.05, 0.1) is 30.5 Å². The molecule has 1 aliphatic carbocycles. The number of hydrogen-bond acceptors (Lipinski definition) is 5. The Bertz CT molecular complexity index is 1340. The highest BCUT2D eigenvalue weighted by Gasteiger charge is 2.26. The Hall–Kier alpha value is -3.54. The van der Waals surface area contributed by atoms with Gasteiger partial charge in [-0.1, -0.05) is 43.7 Å². The van der Waals surface area contributed by atoms with E-state index in [1.54, 1.807) is 13.4 Å². The zero-order chi connectivity index (χ0) is 24.5. The van der Waals surface area contributed by atoms with Crippen LogP contribution in [-0.2, 0) is 19.3 Å². The first-order valence-electron chi connectivity index (χ1n) is 12.4. The first-order valence-corrected chi connectivity index (χ1v) is 12.4. The van der Waals surface area contributed by atoms with E-state index in [0.717, 1.165) is 54.1 Å². The number of hydrogen-bond donors (Lipinski definition) is 0. The molecule has 0 amide bonds. The fourth-order valence-corrected chi connectivity index (χ4v) is 5.15. The van der Waals surface area contributed by atoms with E-state index in [9.17, 15) is 0 Å². The van der Waals surface area contributed by atoms with Gasteiger partial charge in [0, 0.05) is 6.20 Å². The fourth-order valence-electron chi connectivity index (χ4n) is 5.15. The van der Waals surface area contributed by atoms with Crippen LogP contribution >= 0.6 is 0 Å². The maximum atomic E-state index is 5.64. The SMILES string of the molecule is COc1nc(-c2nnc(C[C@H](c3ccc(C)cc3)C(C)C)c3c2CCC3)ccc1-n1cnc(C)c1. The van der Waals surface area contributed by atoms with Gasteiger partial charge in [-0.3, -0.25) is 0 Å². The lowest BCUT2D eigenvalue weighted by Crippen LogP contribution is -2.14. The molecule has 0 radical (unpaired) electrons. The van der Waals surface area contributed by atoms with Gasteiger partial charge >= 0.3 is 0 Å². The highest BCUT2D eigenvalue weighted by atomic mass is 16.5. The predicted molar refractivity (Wildman–Crippen MR) is 138 cm³/mol. The maximum absolute atomic E-state index is 5.64. The molecule has 0 aliphatic heterocycles. The van der Waals surface area contributed by atoms with Gasteiger partial charge in [-0.05, 0) is 80.2 Å². The number of aryl methyl sites for hydroxylation is 2. The van der Waals surface area contributed by atoms with Gasteiger partial charge in [0.2, 0.25) is 5.88 Å². The quantitative estimate of drug-likeness (QED) is 0.343. The van der Waals surface area contributed by atoms with Gasteiger partial charge in [0.1, 0.15) is 11.4 Å². The van der Waals surface area contributed by atoms with Crippen LogP contribution in [0.5, 0.6) is 5.88 Å². The number of pyridine rings is 1. The van der Waals surface area contributed by atoms with Crippen LogP contribution in [0.15, 0.2) is 48.9 Å². The first kappa shape index (κ1) is 23.2. The molecule has 0 bridgehead atoms. The zero-order valence-corrected chi connectivity index (χ0v) is 21.2. The van der Waals surface area contributed by atoms with Crippen molar-refractivity contribution in [3.8, 4) is 23.0 Å². The van der Waals surface area contributed by atoms with E-state index in [1.165, 1.54) is 22.3 Å². The van der Waals surface area contributed by atoms with Crippen molar-refractivity contribution in [1.82, 2.24) is 24.7 Å². The molecular formula is C29H33N5O. The summed E-state index contributed by atoms with van der Waals surface area (Å²) in [5, 5.41) is 9.52. The third-order valence-corrected chi connectivity index (χ3v) is 7.11. The van der Waals surface area contributed by atoms with Crippen molar-refractivity contribution >= 4 is 0 Å². The number of aromatic nitrogens is 5. The molecule has 0 unspecified atom stereocenters. The van der Waals surface area contributed by atoms with Crippen LogP contribution in [0.3, 0.4) is 0 Å². The van der Waals surface area contributed by atoms with Gasteiger partial charge in [-0.2, -0.15) is 5.10 Å². The van der Waals surface area contributed by atoms with E-state index in [4.69, 9.17) is 19.9 Å². The van der Waals surface area contributed by atoms with Crippen molar-refractivity contribution in [2.45, 2.75) is 59.3 Å². The molecule has 0 N–H and O–H groups in total. The Balaban J connectivity index is 1.50. The third kappa shape index (κ3) is 4.57. The van der Waals surface area contributed by atoms with E-state index in [-0.39, 0.29) is 0 Å². The standard InChI is InChI=1S/C29H33N5O/c1-18(2)24(21-11-9-19(3)10-12-21)15-26-22-7-6-8-23(22)28(33-32-26)25-13-14-27(29(31-25)35-5)34-16-20(4)30-17-34/h9-14,16-18,24H,6-8,15H2,1-5H3/t24-/m0/s1. The van der Waals surface area contributed by atoms with Crippen molar-refractivity contribution in [1.29, 1.82) is 0 Å². The van der Waals surface area contributed by atoms with Crippen LogP contribution in [0.4, 0.5) is 0 Å². The second-order valence-corrected chi connectivity index (χ2v) is 9.92. The number of fused-ring (bicyclic) bond motifs is 1. The summed E-state index contributed by atoms with van der Waals surface area (Å²) in [6, 6.07) is 13.0. The lowest BCUT2D eigenvalue weighted by Gasteiger charge is -2.22. The normalized spacial score (nSPS) is 13.8. The smallest absolute Gasteiger partial charge is 0.238 e. The number of methoxy groups -OCH3 is 1. The number of imidazole rings is 1. The molecule has 0 spiro atoms. The third-order valence-electron chi connectivity index (χ3n) is 7.11. The van der Waals surface area contributed by atoms with Crippen molar-refractivity contribution in [2.75, 3.05) is 7.11 Å². The summed E-state index contributed by atoms with van der Waals surface area (Å²) in [7, 11) is 1.65. The lowest BCUT2D eigenvalue weighted by molar-refractivity contribution is 0.396. The lowest BCUT2D eigenvalue weighted by atomic mass is 9.83. The molecule has 0 saturated carbocycles. The zero-order valence-electron chi connectivity index (χ0n) is 21.2. The number of rotatable bonds is 7. The summed E-state index contributed by atoms with van der Waals surface area (Å²) in [5.41, 5.74) is 9.95. The Morgan fingerprint density at radius 1 is 0.971 bits per heavy atom. The number of ether oxygens (including phenoxy) is 1. The summed E-state index contributed by atoms with van der Waals surface area (Å²) >= 11 is 0. The Morgan fingerprint density at radius 2 is 1.74 bits per heavy atom. The van der Waals surface area contributed by atoms with Crippen molar-refractivity contribution in [3.05, 3.63) is 82.6 Å². The van der Waals surface area contributed by atoms with Crippen LogP contribution < -0.4 is 4.74 Å². The van der Waals surface area contributed by atoms with Gasteiger partial charge in [-0.15, -0.1) is 5.10 Å². The number of nitrogens with zero attached hydrogens (tertiary/aromatic N) is 5. The van der Waals surface area contributed by atoms with Crippen LogP contribution in [-0.4, -0.2) is 31.8 Å². The maximum Gasteiger partial charge on any atom is 0.238 e. The molecular weight excluding hydrogens is 434 g/mol. The highest BCUT2D eigenvalue weighted by molar-refractivity contribution is 5.64. The summed E-state index contributed by atoms with van der Waals surface area (Å²) < 4.78 is 7.57. The molecule has 5 rings (SSSR count). The van der Waals surface area contributed by atoms with E-state index in [2.05, 4.69) is 50.0 Å². The Kier molecular flexibility index (Phi) is 6.37. The van der Waals surface area contributed by atoms with Crippen LogP contribution in [0.2, 0.25) is 0 Å². The topological polar surface area (TPSA) is 65.7 Å². The van der Waals surface area contributed by atoms with Gasteiger partial charge in [0.25, 0.3) is 0 Å². The Labute approximate surface area is 207 Å². The molecule has 1 aromatic carbocycles. The largest absolute Gasteiger partial charge is 0.479 e. The van der Waals surface area contributed by atoms with Gasteiger partial charge in [-0.25, -0.2) is 9.97 Å². The number of benzene rings is 1. The highest BCUT2D eigenvalue weighted by Crippen LogP contribution is 2.36.